The molecule has 0 saturated carbocycles. The fourth-order valence-corrected chi connectivity index (χ4v) is 3.22. The van der Waals surface area contributed by atoms with Crippen LogP contribution in [0.5, 0.6) is 0 Å². The number of thiophene rings is 1. The van der Waals surface area contributed by atoms with Crippen LogP contribution in [-0.2, 0) is 6.42 Å². The zero-order valence-electron chi connectivity index (χ0n) is 9.25. The van der Waals surface area contributed by atoms with Gasteiger partial charge in [-0.05, 0) is 51.4 Å². The standard InChI is InChI=1S/C12H19NOS/c1-10-3-4-11(15-10)9-12(14)5-2-7-13-8-6-12/h3-4,13-14H,2,5-9H2,1H3. The maximum absolute atomic E-state index is 10.5. The van der Waals surface area contributed by atoms with Gasteiger partial charge in [-0.25, -0.2) is 0 Å². The SMILES string of the molecule is Cc1ccc(CC2(O)CCCNCC2)s1. The van der Waals surface area contributed by atoms with Crippen LogP contribution >= 0.6 is 11.3 Å². The summed E-state index contributed by atoms with van der Waals surface area (Å²) in [7, 11) is 0. The van der Waals surface area contributed by atoms with E-state index in [1.54, 1.807) is 11.3 Å². The summed E-state index contributed by atoms with van der Waals surface area (Å²) < 4.78 is 0. The van der Waals surface area contributed by atoms with Crippen molar-refractivity contribution in [3.63, 3.8) is 0 Å². The van der Waals surface area contributed by atoms with Gasteiger partial charge in [0.25, 0.3) is 0 Å². The largest absolute Gasteiger partial charge is 0.389 e. The van der Waals surface area contributed by atoms with Gasteiger partial charge in [0.05, 0.1) is 5.60 Å². The number of hydrogen-bond donors (Lipinski definition) is 2. The molecule has 0 aliphatic carbocycles. The maximum Gasteiger partial charge on any atom is 0.0708 e. The van der Waals surface area contributed by atoms with Crippen LogP contribution in [0.15, 0.2) is 12.1 Å². The van der Waals surface area contributed by atoms with Gasteiger partial charge in [0.15, 0.2) is 0 Å². The highest BCUT2D eigenvalue weighted by atomic mass is 32.1. The van der Waals surface area contributed by atoms with E-state index in [4.69, 9.17) is 0 Å². The third-order valence-electron chi connectivity index (χ3n) is 3.06. The lowest BCUT2D eigenvalue weighted by molar-refractivity contribution is 0.0292. The maximum atomic E-state index is 10.5. The molecule has 1 atom stereocenters. The average Bonchev–Trinajstić information content (AvgIpc) is 2.46. The molecule has 0 aromatic carbocycles. The third kappa shape index (κ3) is 3.03. The van der Waals surface area contributed by atoms with Gasteiger partial charge in [-0.1, -0.05) is 0 Å². The monoisotopic (exact) mass is 225 g/mol. The molecule has 1 aliphatic heterocycles. The van der Waals surface area contributed by atoms with E-state index < -0.39 is 5.60 Å². The lowest BCUT2D eigenvalue weighted by Crippen LogP contribution is -2.32. The molecule has 0 radical (unpaired) electrons. The van der Waals surface area contributed by atoms with Crippen molar-refractivity contribution in [3.05, 3.63) is 21.9 Å². The smallest absolute Gasteiger partial charge is 0.0708 e. The molecule has 84 valence electrons. The van der Waals surface area contributed by atoms with Gasteiger partial charge in [0, 0.05) is 16.2 Å². The summed E-state index contributed by atoms with van der Waals surface area (Å²) in [4.78, 5) is 2.65. The fraction of sp³-hybridized carbons (Fsp3) is 0.667. The minimum atomic E-state index is -0.471. The Kier molecular flexibility index (Phi) is 3.44. The first kappa shape index (κ1) is 11.1. The van der Waals surface area contributed by atoms with E-state index in [-0.39, 0.29) is 0 Å². The number of aliphatic hydroxyl groups is 1. The Bertz CT molecular complexity index is 313. The van der Waals surface area contributed by atoms with Gasteiger partial charge in [0.1, 0.15) is 0 Å². The van der Waals surface area contributed by atoms with Crippen molar-refractivity contribution in [2.75, 3.05) is 13.1 Å². The summed E-state index contributed by atoms with van der Waals surface area (Å²) in [5.41, 5.74) is -0.471. The minimum Gasteiger partial charge on any atom is -0.389 e. The van der Waals surface area contributed by atoms with Crippen LogP contribution in [0.3, 0.4) is 0 Å². The molecule has 1 aromatic heterocycles. The van der Waals surface area contributed by atoms with Crippen LogP contribution in [0.2, 0.25) is 0 Å². The molecule has 1 aliphatic rings. The Morgan fingerprint density at radius 2 is 2.27 bits per heavy atom. The number of hydrogen-bond acceptors (Lipinski definition) is 3. The lowest BCUT2D eigenvalue weighted by Gasteiger charge is -2.25. The third-order valence-corrected chi connectivity index (χ3v) is 4.06. The number of nitrogens with one attached hydrogen (secondary N) is 1. The van der Waals surface area contributed by atoms with Crippen LogP contribution in [0.1, 0.15) is 29.0 Å². The second-order valence-corrected chi connectivity index (χ2v) is 5.89. The Balaban J connectivity index is 2.02. The van der Waals surface area contributed by atoms with Crippen LogP contribution < -0.4 is 5.32 Å². The molecule has 1 fully saturated rings. The summed E-state index contributed by atoms with van der Waals surface area (Å²) in [5.74, 6) is 0. The first-order valence-electron chi connectivity index (χ1n) is 5.66. The molecular weight excluding hydrogens is 206 g/mol. The van der Waals surface area contributed by atoms with E-state index in [0.29, 0.717) is 0 Å². The van der Waals surface area contributed by atoms with Crippen LogP contribution in [0.4, 0.5) is 0 Å². The fourth-order valence-electron chi connectivity index (χ4n) is 2.19. The Hall–Kier alpha value is -0.380. The summed E-state index contributed by atoms with van der Waals surface area (Å²) in [6, 6.07) is 4.29. The molecular formula is C12H19NOS. The Labute approximate surface area is 95.3 Å². The van der Waals surface area contributed by atoms with Crippen molar-refractivity contribution in [1.29, 1.82) is 0 Å². The van der Waals surface area contributed by atoms with E-state index in [1.165, 1.54) is 9.75 Å². The molecule has 1 unspecified atom stereocenters. The number of aryl methyl sites for hydroxylation is 1. The van der Waals surface area contributed by atoms with Crippen molar-refractivity contribution in [2.24, 2.45) is 0 Å². The van der Waals surface area contributed by atoms with Gasteiger partial charge in [-0.2, -0.15) is 0 Å². The average molecular weight is 225 g/mol. The second kappa shape index (κ2) is 4.64. The predicted octanol–water partition coefficient (Wildman–Crippen LogP) is 2.10. The molecule has 2 nitrogen and oxygen atoms in total. The molecule has 0 amide bonds. The van der Waals surface area contributed by atoms with Crippen molar-refractivity contribution >= 4 is 11.3 Å². The van der Waals surface area contributed by atoms with Crippen molar-refractivity contribution in [3.8, 4) is 0 Å². The molecule has 1 saturated heterocycles. The quantitative estimate of drug-likeness (QED) is 0.808. The van der Waals surface area contributed by atoms with E-state index in [9.17, 15) is 5.11 Å². The van der Waals surface area contributed by atoms with Gasteiger partial charge in [-0.3, -0.25) is 0 Å². The molecule has 0 bridgehead atoms. The van der Waals surface area contributed by atoms with Gasteiger partial charge in [0.2, 0.25) is 0 Å². The predicted molar refractivity (Wildman–Crippen MR) is 64.4 cm³/mol. The van der Waals surface area contributed by atoms with Gasteiger partial charge in [-0.15, -0.1) is 11.3 Å². The van der Waals surface area contributed by atoms with E-state index in [0.717, 1.165) is 38.8 Å². The summed E-state index contributed by atoms with van der Waals surface area (Å²) in [5, 5.41) is 13.8. The molecule has 15 heavy (non-hydrogen) atoms. The van der Waals surface area contributed by atoms with Crippen molar-refractivity contribution in [1.82, 2.24) is 5.32 Å². The Morgan fingerprint density at radius 1 is 1.40 bits per heavy atom. The summed E-state index contributed by atoms with van der Waals surface area (Å²) >= 11 is 1.81. The highest BCUT2D eigenvalue weighted by molar-refractivity contribution is 7.11. The highest BCUT2D eigenvalue weighted by Crippen LogP contribution is 2.27. The van der Waals surface area contributed by atoms with Crippen LogP contribution in [0.25, 0.3) is 0 Å². The van der Waals surface area contributed by atoms with E-state index >= 15 is 0 Å². The van der Waals surface area contributed by atoms with Gasteiger partial charge >= 0.3 is 0 Å². The van der Waals surface area contributed by atoms with Crippen LogP contribution in [-0.4, -0.2) is 23.8 Å². The first-order chi connectivity index (χ1) is 7.18. The minimum absolute atomic E-state index is 0.471. The van der Waals surface area contributed by atoms with Crippen molar-refractivity contribution in [2.45, 2.75) is 38.2 Å². The molecule has 2 rings (SSSR count). The zero-order chi connectivity index (χ0) is 10.7. The summed E-state index contributed by atoms with van der Waals surface area (Å²) in [6.07, 6.45) is 3.72. The molecule has 3 heteroatoms. The molecule has 2 N–H and O–H groups in total. The van der Waals surface area contributed by atoms with E-state index in [1.807, 2.05) is 0 Å². The highest BCUT2D eigenvalue weighted by Gasteiger charge is 2.28. The van der Waals surface area contributed by atoms with E-state index in [2.05, 4.69) is 24.4 Å². The second-order valence-electron chi connectivity index (χ2n) is 4.52. The molecule has 0 spiro atoms. The molecule has 2 heterocycles. The number of rotatable bonds is 2. The topological polar surface area (TPSA) is 32.3 Å². The van der Waals surface area contributed by atoms with Crippen LogP contribution in [0, 0.1) is 6.92 Å². The first-order valence-corrected chi connectivity index (χ1v) is 6.48. The van der Waals surface area contributed by atoms with Gasteiger partial charge < -0.3 is 10.4 Å². The molecule has 1 aromatic rings. The zero-order valence-corrected chi connectivity index (χ0v) is 10.1. The Morgan fingerprint density at radius 3 is 3.00 bits per heavy atom. The lowest BCUT2D eigenvalue weighted by atomic mass is 9.90. The summed E-state index contributed by atoms with van der Waals surface area (Å²) in [6.45, 7) is 4.11. The normalized spacial score (nSPS) is 27.6. The van der Waals surface area contributed by atoms with Crippen molar-refractivity contribution < 1.29 is 5.11 Å².